The smallest absolute Gasteiger partial charge is 0.264 e. The second kappa shape index (κ2) is 1.95. The lowest BCUT2D eigenvalue weighted by atomic mass is 9.81. The van der Waals surface area contributed by atoms with Crippen molar-refractivity contribution in [2.75, 3.05) is 6.26 Å². The highest BCUT2D eigenvalue weighted by Crippen LogP contribution is 2.90. The second-order valence-corrected chi connectivity index (χ2v) is 6.71. The molecule has 15 heavy (non-hydrogen) atoms. The Morgan fingerprint density at radius 3 is 2.60 bits per heavy atom. The predicted octanol–water partition coefficient (Wildman–Crippen LogP) is -0.929. The van der Waals surface area contributed by atoms with Gasteiger partial charge in [0.25, 0.3) is 10.1 Å². The van der Waals surface area contributed by atoms with Crippen LogP contribution >= 0.6 is 0 Å². The topological polar surface area (TPSA) is 89.1 Å². The van der Waals surface area contributed by atoms with Gasteiger partial charge in [-0.3, -0.25) is 4.18 Å². The summed E-state index contributed by atoms with van der Waals surface area (Å²) in [7, 11) is -3.41. The summed E-state index contributed by atoms with van der Waals surface area (Å²) in [6, 6.07) is 2.86. The molecule has 7 atom stereocenters. The summed E-state index contributed by atoms with van der Waals surface area (Å²) in [6.07, 6.45) is 0.781. The zero-order valence-corrected chi connectivity index (χ0v) is 8.86. The van der Waals surface area contributed by atoms with Gasteiger partial charge in [0.15, 0.2) is 0 Å². The van der Waals surface area contributed by atoms with E-state index in [9.17, 15) is 8.42 Å². The Hall–Kier alpha value is -0.640. The van der Waals surface area contributed by atoms with Crippen LogP contribution in [0.4, 0.5) is 0 Å². The first-order chi connectivity index (χ1) is 7.00. The highest BCUT2D eigenvalue weighted by molar-refractivity contribution is 7.86. The summed E-state index contributed by atoms with van der Waals surface area (Å²) >= 11 is 0. The molecule has 80 valence electrons. The minimum absolute atomic E-state index is 0.165. The van der Waals surface area contributed by atoms with E-state index in [2.05, 4.69) is 11.4 Å². The molecule has 2 bridgehead atoms. The molecule has 1 N–H and O–H groups in total. The zero-order valence-electron chi connectivity index (χ0n) is 8.04. The van der Waals surface area contributed by atoms with E-state index in [1.54, 1.807) is 0 Å². The second-order valence-electron chi connectivity index (χ2n) is 5.11. The molecular weight excluding hydrogens is 216 g/mol. The molecule has 0 aromatic carbocycles. The molecule has 0 amide bonds. The summed E-state index contributed by atoms with van der Waals surface area (Å²) in [5.41, 5.74) is -0.222. The Labute approximate surface area is 87.5 Å². The molecule has 0 unspecified atom stereocenters. The van der Waals surface area contributed by atoms with E-state index in [0.29, 0.717) is 17.9 Å². The van der Waals surface area contributed by atoms with Gasteiger partial charge in [0.2, 0.25) is 0 Å². The molecule has 5 fully saturated rings. The van der Waals surface area contributed by atoms with Crippen molar-refractivity contribution in [2.45, 2.75) is 18.2 Å². The summed E-state index contributed by atoms with van der Waals surface area (Å²) in [6.45, 7) is 0. The van der Waals surface area contributed by atoms with Gasteiger partial charge in [-0.05, 0) is 11.8 Å². The monoisotopic (exact) mass is 226 g/mol. The van der Waals surface area contributed by atoms with Gasteiger partial charge in [-0.15, -0.1) is 0 Å². The van der Waals surface area contributed by atoms with Gasteiger partial charge < -0.3 is 5.32 Å². The van der Waals surface area contributed by atoms with Crippen LogP contribution in [0, 0.1) is 34.5 Å². The van der Waals surface area contributed by atoms with E-state index in [1.165, 1.54) is 0 Å². The molecule has 4 aliphatic carbocycles. The maximum atomic E-state index is 11.1. The van der Waals surface area contributed by atoms with E-state index in [-0.39, 0.29) is 23.5 Å². The first kappa shape index (κ1) is 8.50. The van der Waals surface area contributed by atoms with Crippen molar-refractivity contribution >= 4 is 10.1 Å². The predicted molar refractivity (Wildman–Crippen MR) is 48.9 cm³/mol. The molecule has 0 spiro atoms. The molecule has 5 rings (SSSR count). The van der Waals surface area contributed by atoms with Crippen molar-refractivity contribution in [3.63, 3.8) is 0 Å². The van der Waals surface area contributed by atoms with E-state index >= 15 is 0 Å². The molecular formula is C9H10N2O3S. The maximum Gasteiger partial charge on any atom is 0.264 e. The van der Waals surface area contributed by atoms with Crippen LogP contribution in [-0.2, 0) is 14.3 Å². The lowest BCUT2D eigenvalue weighted by Gasteiger charge is -2.27. The lowest BCUT2D eigenvalue weighted by molar-refractivity contribution is 0.114. The quantitative estimate of drug-likeness (QED) is 0.485. The van der Waals surface area contributed by atoms with Gasteiger partial charge in [-0.1, -0.05) is 0 Å². The van der Waals surface area contributed by atoms with Crippen LogP contribution in [0.1, 0.15) is 0 Å². The molecule has 0 aromatic rings. The maximum absolute atomic E-state index is 11.1. The third kappa shape index (κ3) is 0.769. The van der Waals surface area contributed by atoms with Crippen molar-refractivity contribution in [3.8, 4) is 6.07 Å². The molecule has 5 nitrogen and oxygen atoms in total. The number of nitriles is 1. The fourth-order valence-corrected chi connectivity index (χ4v) is 4.46. The fraction of sp³-hybridized carbons (Fsp3) is 0.889. The molecule has 0 aromatic heterocycles. The first-order valence-corrected chi connectivity index (χ1v) is 6.88. The third-order valence-electron chi connectivity index (χ3n) is 4.45. The lowest BCUT2D eigenvalue weighted by Crippen LogP contribution is -2.39. The standard InChI is InChI=1S/C9H10N2O3S/c1-15(12,13)14-8-5-3-4(6-7(8)11-6)9(3,5)2-10/h3-8,11H,1H3/t3-,4-,5-,6-,7-,8-,9+/m0/s1. The largest absolute Gasteiger partial charge is 0.305 e. The average Bonchev–Trinajstić information content (AvgIpc) is 2.98. The number of hydrogen-bond donors (Lipinski definition) is 1. The van der Waals surface area contributed by atoms with Crippen molar-refractivity contribution < 1.29 is 12.6 Å². The highest BCUT2D eigenvalue weighted by Gasteiger charge is 2.97. The van der Waals surface area contributed by atoms with E-state index in [1.807, 2.05) is 0 Å². The Morgan fingerprint density at radius 1 is 1.33 bits per heavy atom. The average molecular weight is 226 g/mol. The highest BCUT2D eigenvalue weighted by atomic mass is 32.2. The van der Waals surface area contributed by atoms with Crippen molar-refractivity contribution in [3.05, 3.63) is 0 Å². The van der Waals surface area contributed by atoms with Gasteiger partial charge in [0.1, 0.15) is 0 Å². The Bertz CT molecular complexity index is 510. The number of hydrogen-bond acceptors (Lipinski definition) is 5. The van der Waals surface area contributed by atoms with Crippen LogP contribution in [-0.4, -0.2) is 32.9 Å². The van der Waals surface area contributed by atoms with Crippen LogP contribution in [0.5, 0.6) is 0 Å². The van der Waals surface area contributed by atoms with Gasteiger partial charge in [-0.2, -0.15) is 13.7 Å². The normalized spacial score (nSPS) is 62.4. The van der Waals surface area contributed by atoms with Crippen LogP contribution in [0.2, 0.25) is 0 Å². The minimum atomic E-state index is -3.41. The Morgan fingerprint density at radius 2 is 2.07 bits per heavy atom. The molecule has 1 saturated heterocycles. The molecule has 1 heterocycles. The summed E-state index contributed by atoms with van der Waals surface area (Å²) in [5.74, 6) is 1.06. The Balaban J connectivity index is 1.65. The van der Waals surface area contributed by atoms with Gasteiger partial charge in [0.05, 0.1) is 29.9 Å². The summed E-state index contributed by atoms with van der Waals surface area (Å²) < 4.78 is 27.3. The van der Waals surface area contributed by atoms with Crippen LogP contribution in [0.25, 0.3) is 0 Å². The zero-order chi connectivity index (χ0) is 10.6. The number of nitrogens with zero attached hydrogens (tertiary/aromatic N) is 1. The summed E-state index contributed by atoms with van der Waals surface area (Å²) in [4.78, 5) is 0. The molecule has 4 saturated carbocycles. The number of nitrogens with one attached hydrogen (secondary N) is 1. The van der Waals surface area contributed by atoms with Crippen molar-refractivity contribution in [1.82, 2.24) is 5.32 Å². The van der Waals surface area contributed by atoms with Crippen molar-refractivity contribution in [2.24, 2.45) is 23.2 Å². The van der Waals surface area contributed by atoms with E-state index in [0.717, 1.165) is 6.26 Å². The van der Waals surface area contributed by atoms with E-state index in [4.69, 9.17) is 9.44 Å². The third-order valence-corrected chi connectivity index (χ3v) is 5.02. The molecule has 5 aliphatic rings. The number of rotatable bonds is 2. The van der Waals surface area contributed by atoms with Gasteiger partial charge in [0, 0.05) is 12.0 Å². The van der Waals surface area contributed by atoms with Crippen LogP contribution in [0.15, 0.2) is 0 Å². The molecule has 1 aliphatic heterocycles. The van der Waals surface area contributed by atoms with Crippen molar-refractivity contribution in [1.29, 1.82) is 5.26 Å². The van der Waals surface area contributed by atoms with E-state index < -0.39 is 10.1 Å². The SMILES string of the molecule is CS(=O)(=O)O[C@@H]1[C@H]2N[C@H]2[C@@H]2[C@H]3[C@@H]1[C@]32C#N. The minimum Gasteiger partial charge on any atom is -0.305 e. The van der Waals surface area contributed by atoms with Gasteiger partial charge >= 0.3 is 0 Å². The first-order valence-electron chi connectivity index (χ1n) is 5.06. The summed E-state index contributed by atoms with van der Waals surface area (Å²) in [5, 5.41) is 12.3. The Kier molecular flexibility index (Phi) is 1.11. The van der Waals surface area contributed by atoms with Crippen LogP contribution in [0.3, 0.4) is 0 Å². The van der Waals surface area contributed by atoms with Crippen LogP contribution < -0.4 is 5.32 Å². The molecule has 0 radical (unpaired) electrons. The van der Waals surface area contributed by atoms with Gasteiger partial charge in [-0.25, -0.2) is 0 Å². The molecule has 6 heteroatoms. The fourth-order valence-electron chi connectivity index (χ4n) is 3.81.